The van der Waals surface area contributed by atoms with E-state index in [-0.39, 0.29) is 24.5 Å². The van der Waals surface area contributed by atoms with Gasteiger partial charge in [-0.3, -0.25) is 10.1 Å². The summed E-state index contributed by atoms with van der Waals surface area (Å²) in [6.45, 7) is 7.92. The number of nitrogens with one attached hydrogen (secondary N) is 1. The second-order valence-electron chi connectivity index (χ2n) is 5.19. The molecule has 0 bridgehead atoms. The highest BCUT2D eigenvalue weighted by Gasteiger charge is 2.48. The Morgan fingerprint density at radius 1 is 1.42 bits per heavy atom. The molecule has 1 N–H and O–H groups in total. The van der Waals surface area contributed by atoms with Crippen molar-refractivity contribution in [3.63, 3.8) is 0 Å². The third-order valence-electron chi connectivity index (χ3n) is 3.67. The summed E-state index contributed by atoms with van der Waals surface area (Å²) in [5.41, 5.74) is -0.815. The van der Waals surface area contributed by atoms with Gasteiger partial charge >= 0.3 is 6.03 Å². The second-order valence-corrected chi connectivity index (χ2v) is 5.19. The average Bonchev–Trinajstić information content (AvgIpc) is 2.89. The SMILES string of the molecule is CCC1(C)C(=O)NC(=O)N1Cc1ncnn1C(C)C. The van der Waals surface area contributed by atoms with E-state index in [1.807, 2.05) is 20.8 Å². The smallest absolute Gasteiger partial charge is 0.302 e. The first-order chi connectivity index (χ1) is 8.90. The van der Waals surface area contributed by atoms with Crippen LogP contribution in [0.15, 0.2) is 6.33 Å². The van der Waals surface area contributed by atoms with Crippen molar-refractivity contribution < 1.29 is 9.59 Å². The second kappa shape index (κ2) is 4.64. The van der Waals surface area contributed by atoms with Gasteiger partial charge in [0.05, 0.1) is 6.54 Å². The van der Waals surface area contributed by atoms with Crippen molar-refractivity contribution in [3.05, 3.63) is 12.2 Å². The van der Waals surface area contributed by atoms with E-state index < -0.39 is 5.54 Å². The molecule has 0 aliphatic carbocycles. The molecule has 1 unspecified atom stereocenters. The zero-order valence-electron chi connectivity index (χ0n) is 11.7. The highest BCUT2D eigenvalue weighted by molar-refractivity contribution is 6.06. The molecule has 1 atom stereocenters. The highest BCUT2D eigenvalue weighted by Crippen LogP contribution is 2.27. The maximum Gasteiger partial charge on any atom is 0.325 e. The maximum absolute atomic E-state index is 11.9. The van der Waals surface area contributed by atoms with Crippen molar-refractivity contribution in [1.29, 1.82) is 0 Å². The predicted octanol–water partition coefficient (Wildman–Crippen LogP) is 1.08. The van der Waals surface area contributed by atoms with E-state index in [2.05, 4.69) is 15.4 Å². The zero-order valence-corrected chi connectivity index (χ0v) is 11.7. The van der Waals surface area contributed by atoms with Gasteiger partial charge in [0, 0.05) is 6.04 Å². The molecule has 0 aromatic carbocycles. The summed E-state index contributed by atoms with van der Waals surface area (Å²) < 4.78 is 1.76. The van der Waals surface area contributed by atoms with Crippen LogP contribution in [0.25, 0.3) is 0 Å². The molecule has 7 heteroatoms. The molecule has 1 aliphatic rings. The molecule has 19 heavy (non-hydrogen) atoms. The number of nitrogens with zero attached hydrogens (tertiary/aromatic N) is 4. The van der Waals surface area contributed by atoms with Crippen LogP contribution in [-0.2, 0) is 11.3 Å². The number of amides is 3. The molecule has 1 fully saturated rings. The lowest BCUT2D eigenvalue weighted by Gasteiger charge is -2.30. The molecule has 104 valence electrons. The fourth-order valence-electron chi connectivity index (χ4n) is 2.20. The third kappa shape index (κ3) is 2.09. The largest absolute Gasteiger partial charge is 0.325 e. The van der Waals surface area contributed by atoms with Gasteiger partial charge in [0.25, 0.3) is 5.91 Å². The van der Waals surface area contributed by atoms with E-state index in [4.69, 9.17) is 0 Å². The Labute approximate surface area is 112 Å². The number of carbonyl (C=O) groups is 2. The number of urea groups is 1. The number of hydrogen-bond donors (Lipinski definition) is 1. The first-order valence-electron chi connectivity index (χ1n) is 6.41. The van der Waals surface area contributed by atoms with Crippen molar-refractivity contribution in [2.75, 3.05) is 0 Å². The lowest BCUT2D eigenvalue weighted by atomic mass is 9.97. The molecule has 2 rings (SSSR count). The van der Waals surface area contributed by atoms with Crippen molar-refractivity contribution in [2.24, 2.45) is 0 Å². The molecule has 2 heterocycles. The van der Waals surface area contributed by atoms with E-state index in [0.717, 1.165) is 0 Å². The number of aromatic nitrogens is 3. The van der Waals surface area contributed by atoms with E-state index >= 15 is 0 Å². The van der Waals surface area contributed by atoms with Gasteiger partial charge in [0.15, 0.2) is 0 Å². The Kier molecular flexibility index (Phi) is 3.30. The Morgan fingerprint density at radius 2 is 2.11 bits per heavy atom. The molecule has 0 saturated carbocycles. The van der Waals surface area contributed by atoms with Crippen LogP contribution in [0, 0.1) is 0 Å². The number of imide groups is 1. The van der Waals surface area contributed by atoms with Gasteiger partial charge in [0.2, 0.25) is 0 Å². The van der Waals surface area contributed by atoms with Crippen LogP contribution < -0.4 is 5.32 Å². The van der Waals surface area contributed by atoms with Crippen molar-refractivity contribution in [3.8, 4) is 0 Å². The van der Waals surface area contributed by atoms with Gasteiger partial charge in [-0.25, -0.2) is 14.5 Å². The van der Waals surface area contributed by atoms with E-state index in [9.17, 15) is 9.59 Å². The fourth-order valence-corrected chi connectivity index (χ4v) is 2.20. The quantitative estimate of drug-likeness (QED) is 0.826. The number of carbonyl (C=O) groups excluding carboxylic acids is 2. The monoisotopic (exact) mass is 265 g/mol. The Balaban J connectivity index is 2.29. The summed E-state index contributed by atoms with van der Waals surface area (Å²) in [5, 5.41) is 6.50. The fraction of sp³-hybridized carbons (Fsp3) is 0.667. The summed E-state index contributed by atoms with van der Waals surface area (Å²) in [6, 6.07) is -0.209. The van der Waals surface area contributed by atoms with E-state index in [1.54, 1.807) is 11.6 Å². The Bertz CT molecular complexity index is 510. The maximum atomic E-state index is 11.9. The van der Waals surface area contributed by atoms with Gasteiger partial charge in [-0.2, -0.15) is 5.10 Å². The summed E-state index contributed by atoms with van der Waals surface area (Å²) in [6.07, 6.45) is 2.02. The van der Waals surface area contributed by atoms with Crippen LogP contribution in [0.4, 0.5) is 4.79 Å². The topological polar surface area (TPSA) is 80.1 Å². The molecular weight excluding hydrogens is 246 g/mol. The van der Waals surface area contributed by atoms with Gasteiger partial charge in [-0.05, 0) is 27.2 Å². The average molecular weight is 265 g/mol. The minimum Gasteiger partial charge on any atom is -0.302 e. The first-order valence-corrected chi connectivity index (χ1v) is 6.41. The molecule has 7 nitrogen and oxygen atoms in total. The van der Waals surface area contributed by atoms with Crippen LogP contribution in [0.1, 0.15) is 46.0 Å². The molecule has 0 radical (unpaired) electrons. The summed E-state index contributed by atoms with van der Waals surface area (Å²) >= 11 is 0. The summed E-state index contributed by atoms with van der Waals surface area (Å²) in [5.74, 6) is 0.426. The molecule has 1 aliphatic heterocycles. The molecule has 1 aromatic rings. The third-order valence-corrected chi connectivity index (χ3v) is 3.67. The highest BCUT2D eigenvalue weighted by atomic mass is 16.2. The van der Waals surface area contributed by atoms with Crippen LogP contribution in [0.2, 0.25) is 0 Å². The van der Waals surface area contributed by atoms with Gasteiger partial charge in [0.1, 0.15) is 17.7 Å². The molecule has 1 saturated heterocycles. The van der Waals surface area contributed by atoms with Gasteiger partial charge < -0.3 is 4.90 Å². The van der Waals surface area contributed by atoms with Gasteiger partial charge in [-0.15, -0.1) is 0 Å². The van der Waals surface area contributed by atoms with E-state index in [1.165, 1.54) is 11.2 Å². The normalized spacial score (nSPS) is 23.3. The van der Waals surface area contributed by atoms with Crippen LogP contribution in [0.5, 0.6) is 0 Å². The number of rotatable bonds is 4. The molecular formula is C12H19N5O2. The Hall–Kier alpha value is -1.92. The van der Waals surface area contributed by atoms with Crippen LogP contribution in [-0.4, -0.2) is 37.1 Å². The first kappa shape index (κ1) is 13.5. The summed E-state index contributed by atoms with van der Waals surface area (Å²) in [4.78, 5) is 29.5. The summed E-state index contributed by atoms with van der Waals surface area (Å²) in [7, 11) is 0. The predicted molar refractivity (Wildman–Crippen MR) is 68.2 cm³/mol. The lowest BCUT2D eigenvalue weighted by molar-refractivity contribution is -0.126. The van der Waals surface area contributed by atoms with Crippen molar-refractivity contribution in [2.45, 2.75) is 52.2 Å². The minimum atomic E-state index is -0.815. The minimum absolute atomic E-state index is 0.159. The van der Waals surface area contributed by atoms with Crippen molar-refractivity contribution >= 4 is 11.9 Å². The number of hydrogen-bond acceptors (Lipinski definition) is 4. The Morgan fingerprint density at radius 3 is 2.68 bits per heavy atom. The van der Waals surface area contributed by atoms with Crippen molar-refractivity contribution in [1.82, 2.24) is 25.0 Å². The van der Waals surface area contributed by atoms with E-state index in [0.29, 0.717) is 12.2 Å². The van der Waals surface area contributed by atoms with Crippen LogP contribution >= 0.6 is 0 Å². The molecule has 1 aromatic heterocycles. The lowest BCUT2D eigenvalue weighted by Crippen LogP contribution is -2.46. The van der Waals surface area contributed by atoms with Crippen LogP contribution in [0.3, 0.4) is 0 Å². The molecule has 3 amide bonds. The molecule has 0 spiro atoms. The van der Waals surface area contributed by atoms with Gasteiger partial charge in [-0.1, -0.05) is 6.92 Å². The zero-order chi connectivity index (χ0) is 14.2. The standard InChI is InChI=1S/C12H19N5O2/c1-5-12(4)10(18)15-11(19)16(12)6-9-13-7-14-17(9)8(2)3/h7-8H,5-6H2,1-4H3,(H,15,18,19).